The van der Waals surface area contributed by atoms with Crippen LogP contribution in [0.2, 0.25) is 5.02 Å². The topological polar surface area (TPSA) is 118 Å². The van der Waals surface area contributed by atoms with Crippen molar-refractivity contribution in [3.8, 4) is 11.5 Å². The molecule has 208 valence electrons. The van der Waals surface area contributed by atoms with Gasteiger partial charge in [-0.15, -0.1) is 0 Å². The van der Waals surface area contributed by atoms with Crippen molar-refractivity contribution in [3.63, 3.8) is 0 Å². The Morgan fingerprint density at radius 1 is 1.10 bits per heavy atom. The van der Waals surface area contributed by atoms with E-state index in [2.05, 4.69) is 0 Å². The number of amides is 3. The van der Waals surface area contributed by atoms with E-state index in [4.69, 9.17) is 21.1 Å². The number of thiazole rings is 1. The number of morpholine rings is 1. The van der Waals surface area contributed by atoms with Gasteiger partial charge in [-0.2, -0.15) is 0 Å². The van der Waals surface area contributed by atoms with Crippen molar-refractivity contribution >= 4 is 58.1 Å². The molecule has 6 rings (SSSR count). The first-order chi connectivity index (χ1) is 19.3. The van der Waals surface area contributed by atoms with Crippen LogP contribution < -0.4 is 14.5 Å². The third kappa shape index (κ3) is 4.48. The number of phenolic OH excluding ortho intramolecular Hbond substituents is 1. The molecule has 0 aliphatic carbocycles. The number of fused-ring (bicyclic) bond motifs is 2. The Hall–Kier alpha value is -3.32. The summed E-state index contributed by atoms with van der Waals surface area (Å²) in [6.07, 6.45) is 0. The monoisotopic (exact) mass is 601 g/mol. The summed E-state index contributed by atoms with van der Waals surface area (Å²) in [7, 11) is 1.42. The second kappa shape index (κ2) is 10.6. The normalized spacial score (nSPS) is 22.3. The van der Waals surface area contributed by atoms with E-state index in [1.54, 1.807) is 41.3 Å². The van der Waals surface area contributed by atoms with Crippen LogP contribution in [0.25, 0.3) is 0 Å². The lowest BCUT2D eigenvalue weighted by molar-refractivity contribution is -0.136. The minimum Gasteiger partial charge on any atom is -0.504 e. The lowest BCUT2D eigenvalue weighted by Gasteiger charge is -2.31. The molecule has 2 aromatic carbocycles. The number of rotatable bonds is 5. The van der Waals surface area contributed by atoms with Crippen molar-refractivity contribution in [2.24, 2.45) is 5.92 Å². The first-order valence-corrected chi connectivity index (χ1v) is 14.6. The Morgan fingerprint density at radius 3 is 2.52 bits per heavy atom. The molecule has 0 saturated carbocycles. The maximum absolute atomic E-state index is 14.0. The van der Waals surface area contributed by atoms with E-state index >= 15 is 0 Å². The van der Waals surface area contributed by atoms with Crippen LogP contribution in [-0.4, -0.2) is 71.0 Å². The fourth-order valence-corrected chi connectivity index (χ4v) is 8.29. The third-order valence-corrected chi connectivity index (χ3v) is 10.2. The molecule has 0 radical (unpaired) electrons. The lowest BCUT2D eigenvalue weighted by Crippen LogP contribution is -2.43. The van der Waals surface area contributed by atoms with Crippen molar-refractivity contribution in [1.29, 1.82) is 0 Å². The van der Waals surface area contributed by atoms with Crippen LogP contribution in [0.1, 0.15) is 16.4 Å². The number of carbonyl (C=O) groups is 3. The Bertz CT molecular complexity index is 1560. The van der Waals surface area contributed by atoms with E-state index in [9.17, 15) is 24.3 Å². The number of anilines is 1. The van der Waals surface area contributed by atoms with Crippen LogP contribution in [-0.2, 0) is 25.7 Å². The summed E-state index contributed by atoms with van der Waals surface area (Å²) in [4.78, 5) is 57.2. The van der Waals surface area contributed by atoms with Gasteiger partial charge in [0, 0.05) is 28.9 Å². The van der Waals surface area contributed by atoms with Gasteiger partial charge in [0.15, 0.2) is 11.5 Å². The van der Waals surface area contributed by atoms with Crippen molar-refractivity contribution < 1.29 is 29.0 Å². The van der Waals surface area contributed by atoms with Gasteiger partial charge in [-0.25, -0.2) is 4.90 Å². The molecule has 1 N–H and O–H groups in total. The number of hydrogen-bond acceptors (Lipinski definition) is 9. The highest BCUT2D eigenvalue weighted by molar-refractivity contribution is 8.00. The molecule has 40 heavy (non-hydrogen) atoms. The first-order valence-electron chi connectivity index (χ1n) is 12.5. The van der Waals surface area contributed by atoms with Crippen LogP contribution in [0, 0.1) is 5.92 Å². The molecular formula is C27H24ClN3O7S2. The van der Waals surface area contributed by atoms with Crippen LogP contribution in [0.4, 0.5) is 5.69 Å². The quantitative estimate of drug-likeness (QED) is 0.444. The molecule has 13 heteroatoms. The zero-order valence-electron chi connectivity index (χ0n) is 21.2. The largest absolute Gasteiger partial charge is 0.504 e. The molecule has 2 fully saturated rings. The smallest absolute Gasteiger partial charge is 0.308 e. The number of phenols is 1. The summed E-state index contributed by atoms with van der Waals surface area (Å²) < 4.78 is 12.1. The number of imide groups is 1. The van der Waals surface area contributed by atoms with Crippen LogP contribution in [0.15, 0.2) is 52.3 Å². The van der Waals surface area contributed by atoms with Gasteiger partial charge < -0.3 is 19.5 Å². The molecular weight excluding hydrogens is 578 g/mol. The van der Waals surface area contributed by atoms with Gasteiger partial charge in [0.05, 0.1) is 37.0 Å². The molecule has 3 aliphatic heterocycles. The Balaban J connectivity index is 1.46. The molecule has 2 unspecified atom stereocenters. The maximum atomic E-state index is 14.0. The van der Waals surface area contributed by atoms with Gasteiger partial charge in [0.2, 0.25) is 17.7 Å². The standard InChI is InChI=1S/C27H24ClN3O7S2/c1-37-18-12-14(2-7-17(18)32)20-21-22(25(35)31(24(21)34)16-5-3-15(28)4-6-16)39-26-23(20)40-27(36)30(26)13-19(33)29-8-10-38-11-9-29/h2-7,12,20-22,32H,8-11,13H2,1H3/t20-,21?,22?/m0/s1. The number of ether oxygens (including phenoxy) is 2. The SMILES string of the molecule is COc1cc([C@@H]2c3sc(=O)n(CC(=O)N4CCOCC4)c3SC3C(=O)N(c4ccc(Cl)cc4)C(=O)C32)ccc1O. The molecule has 4 heterocycles. The molecule has 0 bridgehead atoms. The van der Waals surface area contributed by atoms with Crippen LogP contribution >= 0.6 is 34.7 Å². The molecule has 1 aromatic heterocycles. The first kappa shape index (κ1) is 26.9. The highest BCUT2D eigenvalue weighted by Gasteiger charge is 2.57. The van der Waals surface area contributed by atoms with Crippen molar-refractivity contribution in [3.05, 3.63) is 67.6 Å². The third-order valence-electron chi connectivity index (χ3n) is 7.35. The van der Waals surface area contributed by atoms with E-state index in [1.165, 1.54) is 22.6 Å². The molecule has 0 spiro atoms. The molecule has 2 saturated heterocycles. The highest BCUT2D eigenvalue weighted by atomic mass is 35.5. The van der Waals surface area contributed by atoms with Gasteiger partial charge in [-0.3, -0.25) is 23.7 Å². The number of aromatic nitrogens is 1. The molecule has 10 nitrogen and oxygen atoms in total. The summed E-state index contributed by atoms with van der Waals surface area (Å²) in [5.41, 5.74) is 1.01. The van der Waals surface area contributed by atoms with Crippen LogP contribution in [0.5, 0.6) is 11.5 Å². The summed E-state index contributed by atoms with van der Waals surface area (Å²) >= 11 is 8.15. The fraction of sp³-hybridized carbons (Fsp3) is 0.333. The molecule has 3 atom stereocenters. The number of methoxy groups -OCH3 is 1. The van der Waals surface area contributed by atoms with Gasteiger partial charge in [-0.05, 0) is 42.0 Å². The number of carbonyl (C=O) groups excluding carboxylic acids is 3. The Labute approximate surface area is 242 Å². The lowest BCUT2D eigenvalue weighted by atomic mass is 9.83. The number of benzene rings is 2. The summed E-state index contributed by atoms with van der Waals surface area (Å²) in [6.45, 7) is 1.57. The number of hydrogen-bond donors (Lipinski definition) is 1. The second-order valence-electron chi connectivity index (χ2n) is 9.58. The predicted molar refractivity (Wildman–Crippen MR) is 150 cm³/mol. The Kier molecular flexibility index (Phi) is 7.11. The minimum absolute atomic E-state index is 0.0771. The van der Waals surface area contributed by atoms with Crippen molar-refractivity contribution in [2.75, 3.05) is 38.3 Å². The van der Waals surface area contributed by atoms with Gasteiger partial charge in [-0.1, -0.05) is 40.8 Å². The second-order valence-corrected chi connectivity index (χ2v) is 12.1. The van der Waals surface area contributed by atoms with E-state index in [0.717, 1.165) is 23.1 Å². The number of halogens is 1. The molecule has 3 aliphatic rings. The zero-order valence-corrected chi connectivity index (χ0v) is 23.6. The van der Waals surface area contributed by atoms with Crippen LogP contribution in [0.3, 0.4) is 0 Å². The summed E-state index contributed by atoms with van der Waals surface area (Å²) in [5.74, 6) is -2.40. The number of aromatic hydroxyl groups is 1. The average Bonchev–Trinajstić information content (AvgIpc) is 3.40. The predicted octanol–water partition coefficient (Wildman–Crippen LogP) is 2.93. The summed E-state index contributed by atoms with van der Waals surface area (Å²) in [6, 6.07) is 11.2. The molecule has 3 aromatic rings. The Morgan fingerprint density at radius 2 is 1.82 bits per heavy atom. The zero-order chi connectivity index (χ0) is 28.1. The van der Waals surface area contributed by atoms with E-state index in [1.807, 2.05) is 0 Å². The van der Waals surface area contributed by atoms with E-state index in [0.29, 0.717) is 52.5 Å². The average molecular weight is 602 g/mol. The summed E-state index contributed by atoms with van der Waals surface area (Å²) in [5, 5.41) is 10.4. The van der Waals surface area contributed by atoms with Gasteiger partial charge in [0.25, 0.3) is 0 Å². The highest BCUT2D eigenvalue weighted by Crippen LogP contribution is 2.54. The molecule has 3 amide bonds. The number of nitrogens with zero attached hydrogens (tertiary/aromatic N) is 3. The number of thioether (sulfide) groups is 1. The van der Waals surface area contributed by atoms with E-state index < -0.39 is 28.9 Å². The van der Waals surface area contributed by atoms with E-state index in [-0.39, 0.29) is 28.8 Å². The minimum atomic E-state index is -0.834. The van der Waals surface area contributed by atoms with Gasteiger partial charge >= 0.3 is 4.87 Å². The van der Waals surface area contributed by atoms with Crippen molar-refractivity contribution in [2.45, 2.75) is 22.7 Å². The maximum Gasteiger partial charge on any atom is 0.308 e. The van der Waals surface area contributed by atoms with Crippen molar-refractivity contribution in [1.82, 2.24) is 9.47 Å². The van der Waals surface area contributed by atoms with Gasteiger partial charge in [0.1, 0.15) is 11.8 Å². The fourth-order valence-electron chi connectivity index (χ4n) is 5.39.